The molecule has 0 saturated heterocycles. The van der Waals surface area contributed by atoms with E-state index in [-0.39, 0.29) is 19.8 Å². The highest BCUT2D eigenvalue weighted by molar-refractivity contribution is 7.56. The smallest absolute Gasteiger partial charge is 0.407 e. The third-order valence-corrected chi connectivity index (χ3v) is 5.02. The van der Waals surface area contributed by atoms with E-state index in [9.17, 15) is 22.9 Å². The molecule has 0 aliphatic carbocycles. The van der Waals surface area contributed by atoms with Crippen molar-refractivity contribution in [2.24, 2.45) is 0 Å². The lowest BCUT2D eigenvalue weighted by molar-refractivity contribution is -0.134. The fourth-order valence-corrected chi connectivity index (χ4v) is 3.19. The van der Waals surface area contributed by atoms with Gasteiger partial charge in [0.05, 0.1) is 19.8 Å². The minimum absolute atomic E-state index is 0.0896. The zero-order valence-corrected chi connectivity index (χ0v) is 14.8. The van der Waals surface area contributed by atoms with Crippen LogP contribution in [-0.4, -0.2) is 37.3 Å². The number of hydrogen-bond acceptors (Lipinski definition) is 6. The van der Waals surface area contributed by atoms with Gasteiger partial charge in [0.15, 0.2) is 0 Å². The van der Waals surface area contributed by atoms with E-state index in [1.807, 2.05) is 5.32 Å². The van der Waals surface area contributed by atoms with Crippen molar-refractivity contribution in [3.05, 3.63) is 35.9 Å². The van der Waals surface area contributed by atoms with E-state index in [0.717, 1.165) is 0 Å². The van der Waals surface area contributed by atoms with Crippen LogP contribution >= 0.6 is 7.60 Å². The van der Waals surface area contributed by atoms with Crippen molar-refractivity contribution < 1.29 is 36.7 Å². The Morgan fingerprint density at radius 1 is 1.12 bits per heavy atom. The Kier molecular flexibility index (Phi) is 8.15. The van der Waals surface area contributed by atoms with Crippen LogP contribution in [0.2, 0.25) is 0 Å². The Labute approximate surface area is 144 Å². The predicted molar refractivity (Wildman–Crippen MR) is 85.4 cm³/mol. The number of benzene rings is 1. The Bertz CT molecular complexity index is 616. The molecule has 0 radical (unpaired) electrons. The van der Waals surface area contributed by atoms with Gasteiger partial charge in [-0.15, -0.1) is 0 Å². The van der Waals surface area contributed by atoms with Crippen LogP contribution in [0.5, 0.6) is 0 Å². The van der Waals surface area contributed by atoms with Crippen molar-refractivity contribution in [2.75, 3.05) is 19.8 Å². The van der Waals surface area contributed by atoms with Gasteiger partial charge < -0.3 is 19.1 Å². The Hall–Kier alpha value is -1.83. The molecule has 1 N–H and O–H groups in total. The van der Waals surface area contributed by atoms with Gasteiger partial charge in [-0.3, -0.25) is 9.36 Å². The van der Waals surface area contributed by atoms with Gasteiger partial charge in [0.1, 0.15) is 6.61 Å². The molecule has 1 rings (SSSR count). The summed E-state index contributed by atoms with van der Waals surface area (Å²) in [5, 5.41) is 1.89. The number of rotatable bonds is 10. The van der Waals surface area contributed by atoms with Crippen LogP contribution in [0.25, 0.3) is 0 Å². The summed E-state index contributed by atoms with van der Waals surface area (Å²) in [6.45, 7) is 0.856. The molecular formula is C15H20F2NO6P. The van der Waals surface area contributed by atoms with Crippen LogP contribution < -0.4 is 5.32 Å². The van der Waals surface area contributed by atoms with E-state index < -0.39 is 31.7 Å². The van der Waals surface area contributed by atoms with Gasteiger partial charge in [-0.1, -0.05) is 30.3 Å². The standard InChI is InChI=1S/C15H20F2NO6P/c1-3-23-25(21,24-4-2)15(16,17)13(19)10-18-14(20)22-11-12-8-6-5-7-9-12/h5-9H,3-4,10-11H2,1-2H3,(H,18,20). The largest absolute Gasteiger partial charge is 0.445 e. The highest BCUT2D eigenvalue weighted by Crippen LogP contribution is 2.62. The molecular weight excluding hydrogens is 359 g/mol. The lowest BCUT2D eigenvalue weighted by Gasteiger charge is -2.24. The van der Waals surface area contributed by atoms with Crippen LogP contribution in [0.1, 0.15) is 19.4 Å². The predicted octanol–water partition coefficient (Wildman–Crippen LogP) is 3.34. The second-order valence-corrected chi connectivity index (χ2v) is 6.79. The minimum atomic E-state index is -4.98. The minimum Gasteiger partial charge on any atom is -0.445 e. The molecule has 25 heavy (non-hydrogen) atoms. The Morgan fingerprint density at radius 2 is 1.68 bits per heavy atom. The average Bonchev–Trinajstić information content (AvgIpc) is 2.59. The molecule has 0 heterocycles. The average molecular weight is 379 g/mol. The molecule has 0 spiro atoms. The van der Waals surface area contributed by atoms with Crippen LogP contribution in [-0.2, 0) is 29.8 Å². The number of ketones is 1. The first-order valence-electron chi connectivity index (χ1n) is 7.51. The highest BCUT2D eigenvalue weighted by atomic mass is 31.2. The third-order valence-electron chi connectivity index (χ3n) is 2.88. The van der Waals surface area contributed by atoms with Gasteiger partial charge in [-0.05, 0) is 19.4 Å². The number of carbonyl (C=O) groups is 2. The summed E-state index contributed by atoms with van der Waals surface area (Å²) >= 11 is 0. The summed E-state index contributed by atoms with van der Waals surface area (Å²) in [5.74, 6) is -1.80. The summed E-state index contributed by atoms with van der Waals surface area (Å²) in [6, 6.07) is 8.65. The molecule has 10 heteroatoms. The maximum absolute atomic E-state index is 14.1. The first-order chi connectivity index (χ1) is 11.8. The van der Waals surface area contributed by atoms with Crippen LogP contribution in [0.15, 0.2) is 30.3 Å². The maximum atomic E-state index is 14.1. The molecule has 1 amide bonds. The number of nitrogens with one attached hydrogen (secondary N) is 1. The normalized spacial score (nSPS) is 11.8. The number of halogens is 2. The van der Waals surface area contributed by atoms with Gasteiger partial charge in [0.2, 0.25) is 5.78 Å². The van der Waals surface area contributed by atoms with Crippen LogP contribution in [0.3, 0.4) is 0 Å². The molecule has 140 valence electrons. The van der Waals surface area contributed by atoms with Gasteiger partial charge >= 0.3 is 19.4 Å². The summed E-state index contributed by atoms with van der Waals surface area (Å²) in [5.41, 5.74) is -3.70. The zero-order chi connectivity index (χ0) is 18.9. The molecule has 0 bridgehead atoms. The summed E-state index contributed by atoms with van der Waals surface area (Å²) in [7, 11) is -4.98. The second kappa shape index (κ2) is 9.60. The Balaban J connectivity index is 2.58. The first-order valence-corrected chi connectivity index (χ1v) is 9.06. The molecule has 0 aliphatic heterocycles. The van der Waals surface area contributed by atoms with Gasteiger partial charge in [-0.25, -0.2) is 4.79 Å². The van der Waals surface area contributed by atoms with Crippen LogP contribution in [0, 0.1) is 0 Å². The number of amides is 1. The number of Topliss-reactive ketones (excluding diaryl/α,β-unsaturated/α-hetero) is 1. The molecule has 0 atom stereocenters. The SMILES string of the molecule is CCOP(=O)(OCC)C(F)(F)C(=O)CNC(=O)OCc1ccccc1. The Morgan fingerprint density at radius 3 is 2.20 bits per heavy atom. The number of ether oxygens (including phenoxy) is 1. The zero-order valence-electron chi connectivity index (χ0n) is 13.9. The van der Waals surface area contributed by atoms with Gasteiger partial charge in [0, 0.05) is 0 Å². The fraction of sp³-hybridized carbons (Fsp3) is 0.467. The quantitative estimate of drug-likeness (QED) is 0.627. The van der Waals surface area contributed by atoms with E-state index >= 15 is 0 Å². The van der Waals surface area contributed by atoms with E-state index in [2.05, 4.69) is 9.05 Å². The van der Waals surface area contributed by atoms with Gasteiger partial charge in [-0.2, -0.15) is 8.78 Å². The van der Waals surface area contributed by atoms with E-state index in [4.69, 9.17) is 4.74 Å². The van der Waals surface area contributed by atoms with E-state index in [0.29, 0.717) is 5.56 Å². The van der Waals surface area contributed by atoms with E-state index in [1.165, 1.54) is 13.8 Å². The van der Waals surface area contributed by atoms with Crippen molar-refractivity contribution in [3.8, 4) is 0 Å². The number of hydrogen-bond donors (Lipinski definition) is 1. The van der Waals surface area contributed by atoms with Crippen LogP contribution in [0.4, 0.5) is 13.6 Å². The lowest BCUT2D eigenvalue weighted by Crippen LogP contribution is -2.40. The topological polar surface area (TPSA) is 90.9 Å². The van der Waals surface area contributed by atoms with Gasteiger partial charge in [0.25, 0.3) is 0 Å². The lowest BCUT2D eigenvalue weighted by atomic mass is 10.2. The molecule has 0 aromatic heterocycles. The fourth-order valence-electron chi connectivity index (χ4n) is 1.72. The number of alkyl halides is 2. The summed E-state index contributed by atoms with van der Waals surface area (Å²) in [4.78, 5) is 23.2. The highest BCUT2D eigenvalue weighted by Gasteiger charge is 2.59. The van der Waals surface area contributed by atoms with Crippen molar-refractivity contribution in [1.82, 2.24) is 5.32 Å². The molecule has 0 saturated carbocycles. The van der Waals surface area contributed by atoms with Crippen molar-refractivity contribution in [2.45, 2.75) is 26.1 Å². The second-order valence-electron chi connectivity index (χ2n) is 4.71. The van der Waals surface area contributed by atoms with Crippen molar-refractivity contribution in [1.29, 1.82) is 0 Å². The number of carbonyl (C=O) groups excluding carboxylic acids is 2. The third kappa shape index (κ3) is 5.88. The molecule has 0 fully saturated rings. The maximum Gasteiger partial charge on any atom is 0.407 e. The first kappa shape index (κ1) is 21.2. The monoisotopic (exact) mass is 379 g/mol. The summed E-state index contributed by atoms with van der Waals surface area (Å²) < 4.78 is 54.0. The van der Waals surface area contributed by atoms with Crippen molar-refractivity contribution >= 4 is 19.5 Å². The molecule has 0 unspecified atom stereocenters. The molecule has 1 aromatic rings. The molecule has 0 aliphatic rings. The molecule has 7 nitrogen and oxygen atoms in total. The molecule has 1 aromatic carbocycles. The van der Waals surface area contributed by atoms with Crippen molar-refractivity contribution in [3.63, 3.8) is 0 Å². The van der Waals surface area contributed by atoms with E-state index in [1.54, 1.807) is 30.3 Å². The summed E-state index contributed by atoms with van der Waals surface area (Å²) in [6.07, 6.45) is -1.06. The number of alkyl carbamates (subject to hydrolysis) is 1.